The zero-order valence-corrected chi connectivity index (χ0v) is 9.38. The molecule has 2 aromatic heterocycles. The summed E-state index contributed by atoms with van der Waals surface area (Å²) in [6, 6.07) is 3.97. The largest absolute Gasteiger partial charge is 0.237 e. The number of nitrogens with zero attached hydrogens (tertiary/aromatic N) is 3. The van der Waals surface area contributed by atoms with Crippen LogP contribution in [-0.2, 0) is 0 Å². The molecule has 1 unspecified atom stereocenters. The summed E-state index contributed by atoms with van der Waals surface area (Å²) >= 11 is 0. The second kappa shape index (κ2) is 3.50. The Bertz CT molecular complexity index is 462. The van der Waals surface area contributed by atoms with E-state index in [4.69, 9.17) is 0 Å². The van der Waals surface area contributed by atoms with Crippen molar-refractivity contribution in [3.63, 3.8) is 0 Å². The predicted molar refractivity (Wildman–Crippen MR) is 60.2 cm³/mol. The van der Waals surface area contributed by atoms with Crippen molar-refractivity contribution in [1.82, 2.24) is 14.8 Å². The Balaban J connectivity index is 2.47. The summed E-state index contributed by atoms with van der Waals surface area (Å²) in [6.07, 6.45) is 3.77. The quantitative estimate of drug-likeness (QED) is 0.658. The van der Waals surface area contributed by atoms with Gasteiger partial charge in [0, 0.05) is 12.4 Å². The lowest BCUT2D eigenvalue weighted by Crippen LogP contribution is -2.02. The summed E-state index contributed by atoms with van der Waals surface area (Å²) in [5.41, 5.74) is 3.35. The van der Waals surface area contributed by atoms with Crippen LogP contribution in [0.2, 0.25) is 0 Å². The predicted octanol–water partition coefficient (Wildman–Crippen LogP) is 1.38. The second-order valence-electron chi connectivity index (χ2n) is 3.31. The van der Waals surface area contributed by atoms with Gasteiger partial charge < -0.3 is 0 Å². The third-order valence-electron chi connectivity index (χ3n) is 2.20. The lowest BCUT2D eigenvalue weighted by atomic mass is 10.2. The van der Waals surface area contributed by atoms with Gasteiger partial charge in [0.2, 0.25) is 0 Å². The minimum absolute atomic E-state index is 0.863. The van der Waals surface area contributed by atoms with Gasteiger partial charge in [0.15, 0.2) is 5.82 Å². The molecule has 3 nitrogen and oxygen atoms in total. The van der Waals surface area contributed by atoms with Crippen molar-refractivity contribution in [2.45, 2.75) is 13.8 Å². The molecule has 72 valence electrons. The molecule has 0 aliphatic heterocycles. The van der Waals surface area contributed by atoms with E-state index >= 15 is 0 Å². The number of rotatable bonds is 1. The van der Waals surface area contributed by atoms with Crippen molar-refractivity contribution < 1.29 is 0 Å². The third kappa shape index (κ3) is 1.68. The lowest BCUT2D eigenvalue weighted by molar-refractivity contribution is 0.853. The first-order chi connectivity index (χ1) is 6.66. The number of hydrogen-bond donors (Lipinski definition) is 0. The Morgan fingerprint density at radius 1 is 1.29 bits per heavy atom. The molecule has 14 heavy (non-hydrogen) atoms. The minimum atomic E-state index is 0.863. The van der Waals surface area contributed by atoms with Gasteiger partial charge in [-0.15, -0.1) is 0 Å². The van der Waals surface area contributed by atoms with Gasteiger partial charge in [0.05, 0.1) is 5.44 Å². The average molecular weight is 205 g/mol. The van der Waals surface area contributed by atoms with Gasteiger partial charge in [0.1, 0.15) is 0 Å². The van der Waals surface area contributed by atoms with Crippen molar-refractivity contribution in [3.05, 3.63) is 35.7 Å². The third-order valence-corrected chi connectivity index (χ3v) is 2.51. The van der Waals surface area contributed by atoms with Crippen LogP contribution in [0, 0.1) is 13.8 Å². The van der Waals surface area contributed by atoms with Crippen LogP contribution in [0.5, 0.6) is 0 Å². The highest BCUT2D eigenvalue weighted by Crippen LogP contribution is 2.09. The summed E-state index contributed by atoms with van der Waals surface area (Å²) in [7, 11) is 2.56. The first kappa shape index (κ1) is 9.35. The van der Waals surface area contributed by atoms with Gasteiger partial charge in [-0.3, -0.25) is 0 Å². The maximum Gasteiger partial charge on any atom is 0.153 e. The molecular formula is C10H12N3P. The van der Waals surface area contributed by atoms with Crippen molar-refractivity contribution in [1.29, 1.82) is 0 Å². The number of pyridine rings is 1. The monoisotopic (exact) mass is 205 g/mol. The molecule has 0 aliphatic carbocycles. The van der Waals surface area contributed by atoms with Gasteiger partial charge in [-0.2, -0.15) is 5.10 Å². The number of aromatic nitrogens is 3. The Morgan fingerprint density at radius 3 is 2.64 bits per heavy atom. The second-order valence-corrected chi connectivity index (χ2v) is 3.90. The van der Waals surface area contributed by atoms with Crippen LogP contribution in [0.3, 0.4) is 0 Å². The molecule has 4 heteroatoms. The fourth-order valence-corrected chi connectivity index (χ4v) is 1.41. The smallest absolute Gasteiger partial charge is 0.153 e. The van der Waals surface area contributed by atoms with Crippen molar-refractivity contribution >= 4 is 14.7 Å². The number of aryl methyl sites for hydroxylation is 2. The Morgan fingerprint density at radius 2 is 2.07 bits per heavy atom. The van der Waals surface area contributed by atoms with E-state index in [9.17, 15) is 0 Å². The summed E-state index contributed by atoms with van der Waals surface area (Å²) < 4.78 is 1.77. The molecule has 0 saturated carbocycles. The first-order valence-electron chi connectivity index (χ1n) is 4.41. The SMILES string of the molecule is Cc1cnc(-n2ccc(P)n2)cc1C. The molecule has 2 heterocycles. The fourth-order valence-electron chi connectivity index (χ4n) is 1.20. The maximum atomic E-state index is 4.31. The summed E-state index contributed by atoms with van der Waals surface area (Å²) in [5, 5.41) is 4.27. The average Bonchev–Trinajstić information content (AvgIpc) is 2.57. The molecule has 0 N–H and O–H groups in total. The zero-order valence-electron chi connectivity index (χ0n) is 8.23. The molecule has 0 amide bonds. The maximum absolute atomic E-state index is 4.31. The summed E-state index contributed by atoms with van der Waals surface area (Å²) in [5.74, 6) is 0.863. The van der Waals surface area contributed by atoms with Crippen molar-refractivity contribution in [2.75, 3.05) is 0 Å². The highest BCUT2D eigenvalue weighted by Gasteiger charge is 2.01. The Labute approximate surface area is 85.4 Å². The summed E-state index contributed by atoms with van der Waals surface area (Å²) in [4.78, 5) is 4.31. The van der Waals surface area contributed by atoms with Gasteiger partial charge in [-0.1, -0.05) is 9.24 Å². The van der Waals surface area contributed by atoms with Crippen molar-refractivity contribution in [2.24, 2.45) is 0 Å². The van der Waals surface area contributed by atoms with Crippen LogP contribution >= 0.6 is 9.24 Å². The Hall–Kier alpha value is -1.21. The fraction of sp³-hybridized carbons (Fsp3) is 0.200. The van der Waals surface area contributed by atoms with Crippen LogP contribution in [0.15, 0.2) is 24.5 Å². The zero-order chi connectivity index (χ0) is 10.1. The van der Waals surface area contributed by atoms with Gasteiger partial charge >= 0.3 is 0 Å². The van der Waals surface area contributed by atoms with Crippen LogP contribution < -0.4 is 5.44 Å². The topological polar surface area (TPSA) is 30.7 Å². The van der Waals surface area contributed by atoms with Gasteiger partial charge in [-0.05, 0) is 37.1 Å². The van der Waals surface area contributed by atoms with Crippen LogP contribution in [0.25, 0.3) is 5.82 Å². The van der Waals surface area contributed by atoms with Gasteiger partial charge in [0.25, 0.3) is 0 Å². The van der Waals surface area contributed by atoms with E-state index in [1.807, 2.05) is 24.5 Å². The summed E-state index contributed by atoms with van der Waals surface area (Å²) in [6.45, 7) is 4.13. The normalized spacial score (nSPS) is 10.5. The molecule has 0 aromatic carbocycles. The van der Waals surface area contributed by atoms with Gasteiger partial charge in [-0.25, -0.2) is 9.67 Å². The molecule has 2 aromatic rings. The standard InChI is InChI=1S/C10H12N3P/c1-7-5-9(11-6-8(7)2)13-4-3-10(14)12-13/h3-6H,14H2,1-2H3. The van der Waals surface area contributed by atoms with E-state index in [0.29, 0.717) is 0 Å². The lowest BCUT2D eigenvalue weighted by Gasteiger charge is -2.03. The van der Waals surface area contributed by atoms with Crippen LogP contribution in [0.4, 0.5) is 0 Å². The number of hydrogen-bond acceptors (Lipinski definition) is 2. The van der Waals surface area contributed by atoms with E-state index in [-0.39, 0.29) is 0 Å². The molecule has 0 spiro atoms. The van der Waals surface area contributed by atoms with E-state index in [1.54, 1.807) is 4.68 Å². The molecule has 1 atom stereocenters. The van der Waals surface area contributed by atoms with Crippen LogP contribution in [0.1, 0.15) is 11.1 Å². The van der Waals surface area contributed by atoms with E-state index in [1.165, 1.54) is 11.1 Å². The van der Waals surface area contributed by atoms with E-state index in [2.05, 4.69) is 33.2 Å². The highest BCUT2D eigenvalue weighted by molar-refractivity contribution is 7.26. The molecular weight excluding hydrogens is 193 g/mol. The van der Waals surface area contributed by atoms with E-state index in [0.717, 1.165) is 11.3 Å². The molecule has 2 rings (SSSR count). The first-order valence-corrected chi connectivity index (χ1v) is 4.99. The molecule has 0 radical (unpaired) electrons. The molecule has 0 bridgehead atoms. The van der Waals surface area contributed by atoms with E-state index < -0.39 is 0 Å². The highest BCUT2D eigenvalue weighted by atomic mass is 31.0. The van der Waals surface area contributed by atoms with Crippen molar-refractivity contribution in [3.8, 4) is 5.82 Å². The van der Waals surface area contributed by atoms with Crippen LogP contribution in [-0.4, -0.2) is 14.8 Å². The molecule has 0 fully saturated rings. The Kier molecular flexibility index (Phi) is 2.34. The molecule has 0 saturated heterocycles. The minimum Gasteiger partial charge on any atom is -0.237 e. The molecule has 0 aliphatic rings.